The Morgan fingerprint density at radius 3 is 2.56 bits per heavy atom. The molecule has 0 bridgehead atoms. The van der Waals surface area contributed by atoms with E-state index >= 15 is 0 Å². The molecule has 2 atom stereocenters. The summed E-state index contributed by atoms with van der Waals surface area (Å²) >= 11 is 0. The summed E-state index contributed by atoms with van der Waals surface area (Å²) in [5, 5.41) is 12.2. The quantitative estimate of drug-likeness (QED) is 0.644. The first-order chi connectivity index (χ1) is 7.69. The molecule has 4 heteroatoms. The van der Waals surface area contributed by atoms with Crippen LogP contribution in [-0.4, -0.2) is 50.3 Å². The topological polar surface area (TPSA) is 48.3 Å². The Morgan fingerprint density at radius 2 is 2.12 bits per heavy atom. The number of methoxy groups -OCH3 is 1. The molecule has 0 aliphatic heterocycles. The van der Waals surface area contributed by atoms with E-state index < -0.39 is 0 Å². The first kappa shape index (κ1) is 15.4. The number of nitrogens with zero attached hydrogens (tertiary/aromatic N) is 2. The molecule has 2 unspecified atom stereocenters. The van der Waals surface area contributed by atoms with Crippen LogP contribution in [0, 0.1) is 11.3 Å². The molecular formula is C12H25N3O. The number of hydrogen-bond acceptors (Lipinski definition) is 4. The van der Waals surface area contributed by atoms with Gasteiger partial charge in [0.05, 0.1) is 12.7 Å². The van der Waals surface area contributed by atoms with Crippen molar-refractivity contribution < 1.29 is 4.74 Å². The van der Waals surface area contributed by atoms with Crippen LogP contribution in [0.5, 0.6) is 0 Å². The Hall–Kier alpha value is -0.630. The predicted molar refractivity (Wildman–Crippen MR) is 66.3 cm³/mol. The minimum Gasteiger partial charge on any atom is -0.383 e. The fraction of sp³-hybridized carbons (Fsp3) is 0.917. The van der Waals surface area contributed by atoms with Gasteiger partial charge in [0, 0.05) is 26.2 Å². The van der Waals surface area contributed by atoms with Crippen LogP contribution in [0.1, 0.15) is 27.2 Å². The van der Waals surface area contributed by atoms with Crippen LogP contribution < -0.4 is 5.32 Å². The zero-order chi connectivity index (χ0) is 12.4. The van der Waals surface area contributed by atoms with Gasteiger partial charge in [0.15, 0.2) is 0 Å². The van der Waals surface area contributed by atoms with Crippen molar-refractivity contribution in [3.63, 3.8) is 0 Å². The van der Waals surface area contributed by atoms with Crippen molar-refractivity contribution in [3.05, 3.63) is 0 Å². The summed E-state index contributed by atoms with van der Waals surface area (Å²) in [5.74, 6) is 0. The molecule has 0 aromatic heterocycles. The van der Waals surface area contributed by atoms with E-state index in [0.717, 1.165) is 26.1 Å². The molecule has 0 fully saturated rings. The highest BCUT2D eigenvalue weighted by Gasteiger charge is 2.16. The van der Waals surface area contributed by atoms with E-state index in [-0.39, 0.29) is 6.04 Å². The molecular weight excluding hydrogens is 202 g/mol. The van der Waals surface area contributed by atoms with Crippen LogP contribution >= 0.6 is 0 Å². The van der Waals surface area contributed by atoms with Gasteiger partial charge in [-0.1, -0.05) is 13.8 Å². The fourth-order valence-electron chi connectivity index (χ4n) is 1.59. The summed E-state index contributed by atoms with van der Waals surface area (Å²) in [5.41, 5.74) is 0. The summed E-state index contributed by atoms with van der Waals surface area (Å²) in [6.07, 6.45) is 1.09. The van der Waals surface area contributed by atoms with Crippen molar-refractivity contribution in [1.29, 1.82) is 5.26 Å². The van der Waals surface area contributed by atoms with Gasteiger partial charge in [0.25, 0.3) is 0 Å². The maximum absolute atomic E-state index is 9.02. The predicted octanol–water partition coefficient (Wildman–Crippen LogP) is 1.23. The van der Waals surface area contributed by atoms with Crippen LogP contribution in [0.2, 0.25) is 0 Å². The normalized spacial score (nSPS) is 14.8. The van der Waals surface area contributed by atoms with Crippen molar-refractivity contribution in [1.82, 2.24) is 10.2 Å². The highest BCUT2D eigenvalue weighted by atomic mass is 16.5. The van der Waals surface area contributed by atoms with Gasteiger partial charge in [-0.15, -0.1) is 0 Å². The lowest BCUT2D eigenvalue weighted by molar-refractivity contribution is 0.119. The average molecular weight is 227 g/mol. The average Bonchev–Trinajstić information content (AvgIpc) is 2.32. The summed E-state index contributed by atoms with van der Waals surface area (Å²) in [6.45, 7) is 9.57. The highest BCUT2D eigenvalue weighted by Crippen LogP contribution is 2.04. The summed E-state index contributed by atoms with van der Waals surface area (Å²) in [7, 11) is 1.71. The zero-order valence-electron chi connectivity index (χ0n) is 11.0. The fourth-order valence-corrected chi connectivity index (χ4v) is 1.59. The van der Waals surface area contributed by atoms with Crippen LogP contribution in [0.25, 0.3) is 0 Å². The number of likely N-dealkylation sites (N-methyl/N-ethyl adjacent to an activating group) is 1. The van der Waals surface area contributed by atoms with Gasteiger partial charge in [0.1, 0.15) is 6.04 Å². The first-order valence-corrected chi connectivity index (χ1v) is 6.05. The van der Waals surface area contributed by atoms with Gasteiger partial charge >= 0.3 is 0 Å². The molecule has 0 saturated carbocycles. The summed E-state index contributed by atoms with van der Waals surface area (Å²) < 4.78 is 5.10. The van der Waals surface area contributed by atoms with Crippen molar-refractivity contribution in [2.24, 2.45) is 0 Å². The van der Waals surface area contributed by atoms with E-state index in [0.29, 0.717) is 12.6 Å². The lowest BCUT2D eigenvalue weighted by Gasteiger charge is -2.29. The number of nitriles is 1. The smallest absolute Gasteiger partial charge is 0.108 e. The lowest BCUT2D eigenvalue weighted by Crippen LogP contribution is -2.45. The second kappa shape index (κ2) is 9.59. The molecule has 4 nitrogen and oxygen atoms in total. The second-order valence-electron chi connectivity index (χ2n) is 3.98. The van der Waals surface area contributed by atoms with E-state index in [9.17, 15) is 0 Å². The monoisotopic (exact) mass is 227 g/mol. The Balaban J connectivity index is 4.22. The van der Waals surface area contributed by atoms with Gasteiger partial charge in [-0.25, -0.2) is 0 Å². The highest BCUT2D eigenvalue weighted by molar-refractivity contribution is 4.92. The van der Waals surface area contributed by atoms with E-state index in [1.54, 1.807) is 7.11 Å². The molecule has 0 spiro atoms. The lowest BCUT2D eigenvalue weighted by atomic mass is 10.2. The van der Waals surface area contributed by atoms with Crippen molar-refractivity contribution in [3.8, 4) is 6.07 Å². The molecule has 0 radical (unpaired) electrons. The van der Waals surface area contributed by atoms with Crippen LogP contribution in [0.15, 0.2) is 0 Å². The zero-order valence-corrected chi connectivity index (χ0v) is 11.0. The molecule has 0 heterocycles. The standard InChI is InChI=1S/C12H25N3O/c1-5-11(3)15(7-8-16-4)10-12(9-13)14-6-2/h11-12,14H,5-8,10H2,1-4H3. The van der Waals surface area contributed by atoms with Gasteiger partial charge in [-0.3, -0.25) is 4.90 Å². The van der Waals surface area contributed by atoms with E-state index in [2.05, 4.69) is 30.1 Å². The summed E-state index contributed by atoms with van der Waals surface area (Å²) in [4.78, 5) is 2.31. The largest absolute Gasteiger partial charge is 0.383 e. The Bertz CT molecular complexity index is 203. The van der Waals surface area contributed by atoms with Gasteiger partial charge in [-0.05, 0) is 19.9 Å². The molecule has 0 rings (SSSR count). The third-order valence-electron chi connectivity index (χ3n) is 2.82. The maximum atomic E-state index is 9.02. The van der Waals surface area contributed by atoms with Crippen LogP contribution in [0.4, 0.5) is 0 Å². The van der Waals surface area contributed by atoms with E-state index in [4.69, 9.17) is 10.00 Å². The van der Waals surface area contributed by atoms with Gasteiger partial charge < -0.3 is 10.1 Å². The number of rotatable bonds is 9. The molecule has 94 valence electrons. The number of nitrogens with one attached hydrogen (secondary N) is 1. The minimum atomic E-state index is -0.0872. The Kier molecular flexibility index (Phi) is 9.21. The van der Waals surface area contributed by atoms with E-state index in [1.807, 2.05) is 6.92 Å². The second-order valence-corrected chi connectivity index (χ2v) is 3.98. The SMILES string of the molecule is CCNC(C#N)CN(CCOC)C(C)CC. The molecule has 0 amide bonds. The molecule has 0 aliphatic rings. The third-order valence-corrected chi connectivity index (χ3v) is 2.82. The number of hydrogen-bond donors (Lipinski definition) is 1. The summed E-state index contributed by atoms with van der Waals surface area (Å²) in [6, 6.07) is 2.70. The maximum Gasteiger partial charge on any atom is 0.108 e. The van der Waals surface area contributed by atoms with Gasteiger partial charge in [0.2, 0.25) is 0 Å². The molecule has 0 aromatic carbocycles. The third kappa shape index (κ3) is 6.06. The molecule has 16 heavy (non-hydrogen) atoms. The molecule has 1 N–H and O–H groups in total. The minimum absolute atomic E-state index is 0.0872. The molecule has 0 aliphatic carbocycles. The van der Waals surface area contributed by atoms with Crippen molar-refractivity contribution in [2.75, 3.05) is 33.4 Å². The Labute approximate surface area is 99.6 Å². The van der Waals surface area contributed by atoms with Crippen LogP contribution in [-0.2, 0) is 4.74 Å². The molecule has 0 aromatic rings. The van der Waals surface area contributed by atoms with Gasteiger partial charge in [-0.2, -0.15) is 5.26 Å². The Morgan fingerprint density at radius 1 is 1.44 bits per heavy atom. The number of ether oxygens (including phenoxy) is 1. The van der Waals surface area contributed by atoms with E-state index in [1.165, 1.54) is 0 Å². The van der Waals surface area contributed by atoms with Crippen LogP contribution in [0.3, 0.4) is 0 Å². The van der Waals surface area contributed by atoms with Crippen molar-refractivity contribution in [2.45, 2.75) is 39.3 Å². The first-order valence-electron chi connectivity index (χ1n) is 6.05. The molecule has 0 saturated heterocycles. The van der Waals surface area contributed by atoms with Crippen molar-refractivity contribution >= 4 is 0 Å².